The first-order valence-corrected chi connectivity index (χ1v) is 5.93. The van der Waals surface area contributed by atoms with Gasteiger partial charge in [0.2, 0.25) is 5.91 Å². The van der Waals surface area contributed by atoms with Crippen LogP contribution in [0.3, 0.4) is 0 Å². The van der Waals surface area contributed by atoms with Crippen molar-refractivity contribution in [1.82, 2.24) is 5.32 Å². The number of hydrogen-bond donors (Lipinski definition) is 2. The Balaban J connectivity index is 2.12. The minimum atomic E-state index is -0.161. The van der Waals surface area contributed by atoms with Crippen molar-refractivity contribution in [1.29, 1.82) is 0 Å². The van der Waals surface area contributed by atoms with E-state index in [-0.39, 0.29) is 12.5 Å². The van der Waals surface area contributed by atoms with Gasteiger partial charge in [-0.05, 0) is 31.6 Å². The van der Waals surface area contributed by atoms with E-state index >= 15 is 0 Å². The normalized spacial score (nSPS) is 11.0. The molecule has 1 aromatic heterocycles. The average molecular weight is 253 g/mol. The first-order valence-electron chi connectivity index (χ1n) is 5.93. The highest BCUT2D eigenvalue weighted by Gasteiger charge is 1.97. The molecular formula is C13H19NO4. The second kappa shape index (κ2) is 8.49. The number of aliphatic hydroxyl groups excluding tert-OH is 1. The number of ether oxygens (including phenoxy) is 1. The number of aryl methyl sites for hydroxylation is 1. The molecular weight excluding hydrogens is 234 g/mol. The fourth-order valence-electron chi connectivity index (χ4n) is 1.31. The Morgan fingerprint density at radius 1 is 1.50 bits per heavy atom. The molecule has 0 saturated heterocycles. The van der Waals surface area contributed by atoms with E-state index in [1.165, 1.54) is 6.08 Å². The largest absolute Gasteiger partial charge is 0.462 e. The van der Waals surface area contributed by atoms with Gasteiger partial charge < -0.3 is 19.6 Å². The molecule has 0 radical (unpaired) electrons. The van der Waals surface area contributed by atoms with Crippen LogP contribution in [0, 0.1) is 6.92 Å². The third-order valence-corrected chi connectivity index (χ3v) is 2.16. The van der Waals surface area contributed by atoms with Crippen LogP contribution < -0.4 is 5.32 Å². The number of hydrogen-bond acceptors (Lipinski definition) is 4. The summed E-state index contributed by atoms with van der Waals surface area (Å²) in [6, 6.07) is 3.65. The molecule has 0 aliphatic heterocycles. The van der Waals surface area contributed by atoms with Crippen LogP contribution in [0.1, 0.15) is 17.9 Å². The van der Waals surface area contributed by atoms with Crippen LogP contribution >= 0.6 is 0 Å². The fourth-order valence-corrected chi connectivity index (χ4v) is 1.31. The summed E-state index contributed by atoms with van der Waals surface area (Å²) < 4.78 is 10.4. The van der Waals surface area contributed by atoms with Crippen molar-refractivity contribution < 1.29 is 19.1 Å². The van der Waals surface area contributed by atoms with Gasteiger partial charge >= 0.3 is 0 Å². The van der Waals surface area contributed by atoms with Crippen LogP contribution in [0.4, 0.5) is 0 Å². The average Bonchev–Trinajstić information content (AvgIpc) is 2.77. The third-order valence-electron chi connectivity index (χ3n) is 2.16. The maximum Gasteiger partial charge on any atom is 0.244 e. The van der Waals surface area contributed by atoms with Gasteiger partial charge in [-0.25, -0.2) is 0 Å². The van der Waals surface area contributed by atoms with Crippen molar-refractivity contribution in [2.45, 2.75) is 13.3 Å². The van der Waals surface area contributed by atoms with Gasteiger partial charge in [-0.1, -0.05) is 0 Å². The van der Waals surface area contributed by atoms with Gasteiger partial charge in [-0.3, -0.25) is 4.79 Å². The van der Waals surface area contributed by atoms with Gasteiger partial charge in [0.1, 0.15) is 11.5 Å². The maximum absolute atomic E-state index is 11.4. The molecule has 2 N–H and O–H groups in total. The number of furan rings is 1. The van der Waals surface area contributed by atoms with Gasteiger partial charge in [0.25, 0.3) is 0 Å². The summed E-state index contributed by atoms with van der Waals surface area (Å²) in [6.07, 6.45) is 3.79. The Hall–Kier alpha value is -1.59. The van der Waals surface area contributed by atoms with Crippen LogP contribution in [-0.2, 0) is 9.53 Å². The summed E-state index contributed by atoms with van der Waals surface area (Å²) in [5.41, 5.74) is 0. The van der Waals surface area contributed by atoms with Gasteiger partial charge in [0, 0.05) is 19.2 Å². The van der Waals surface area contributed by atoms with Crippen LogP contribution in [0.2, 0.25) is 0 Å². The van der Waals surface area contributed by atoms with Crippen LogP contribution in [0.25, 0.3) is 6.08 Å². The highest BCUT2D eigenvalue weighted by atomic mass is 16.5. The van der Waals surface area contributed by atoms with Gasteiger partial charge in [0.05, 0.1) is 13.2 Å². The lowest BCUT2D eigenvalue weighted by atomic mass is 10.3. The van der Waals surface area contributed by atoms with Crippen LogP contribution in [0.5, 0.6) is 0 Å². The van der Waals surface area contributed by atoms with Gasteiger partial charge in [-0.2, -0.15) is 0 Å². The number of rotatable bonds is 8. The molecule has 0 spiro atoms. The van der Waals surface area contributed by atoms with Crippen molar-refractivity contribution >= 4 is 12.0 Å². The lowest BCUT2D eigenvalue weighted by molar-refractivity contribution is -0.116. The molecule has 0 unspecified atom stereocenters. The molecule has 1 rings (SSSR count). The predicted molar refractivity (Wildman–Crippen MR) is 68.0 cm³/mol. The van der Waals surface area contributed by atoms with Crippen LogP contribution in [-0.4, -0.2) is 37.4 Å². The van der Waals surface area contributed by atoms with E-state index in [0.29, 0.717) is 25.5 Å². The molecule has 5 heteroatoms. The molecule has 0 aromatic carbocycles. The van der Waals surface area contributed by atoms with E-state index in [2.05, 4.69) is 5.32 Å². The van der Waals surface area contributed by atoms with Crippen LogP contribution in [0.15, 0.2) is 22.6 Å². The Bertz CT molecular complexity index is 384. The molecule has 1 amide bonds. The number of carbonyl (C=O) groups is 1. The zero-order chi connectivity index (χ0) is 13.2. The van der Waals surface area contributed by atoms with E-state index in [1.54, 1.807) is 6.08 Å². The number of nitrogens with one attached hydrogen (secondary N) is 1. The van der Waals surface area contributed by atoms with E-state index in [0.717, 1.165) is 12.2 Å². The minimum absolute atomic E-state index is 0.0255. The second-order valence-electron chi connectivity index (χ2n) is 3.76. The number of amides is 1. The molecule has 0 aliphatic rings. The zero-order valence-corrected chi connectivity index (χ0v) is 10.5. The molecule has 1 heterocycles. The summed E-state index contributed by atoms with van der Waals surface area (Å²) in [6.45, 7) is 3.29. The van der Waals surface area contributed by atoms with Crippen molar-refractivity contribution in [2.75, 3.05) is 26.4 Å². The fraction of sp³-hybridized carbons (Fsp3) is 0.462. The quantitative estimate of drug-likeness (QED) is 0.538. The maximum atomic E-state index is 11.4. The lowest BCUT2D eigenvalue weighted by Crippen LogP contribution is -2.23. The molecule has 100 valence electrons. The van der Waals surface area contributed by atoms with E-state index in [9.17, 15) is 4.79 Å². The molecule has 0 aliphatic carbocycles. The minimum Gasteiger partial charge on any atom is -0.462 e. The van der Waals surface area contributed by atoms with Crippen molar-refractivity contribution in [2.24, 2.45) is 0 Å². The summed E-state index contributed by atoms with van der Waals surface area (Å²) in [5.74, 6) is 1.32. The van der Waals surface area contributed by atoms with Gasteiger partial charge in [-0.15, -0.1) is 0 Å². The monoisotopic (exact) mass is 253 g/mol. The first kappa shape index (κ1) is 14.5. The summed E-state index contributed by atoms with van der Waals surface area (Å²) in [4.78, 5) is 11.4. The second-order valence-corrected chi connectivity index (χ2v) is 3.76. The Morgan fingerprint density at radius 3 is 3.00 bits per heavy atom. The SMILES string of the molecule is Cc1ccc(/C=C/C(=O)NCCCOCCO)o1. The summed E-state index contributed by atoms with van der Waals surface area (Å²) >= 11 is 0. The number of aliphatic hydroxyl groups is 1. The molecule has 0 fully saturated rings. The van der Waals surface area contributed by atoms with Crippen molar-refractivity contribution in [3.05, 3.63) is 29.7 Å². The van der Waals surface area contributed by atoms with E-state index in [1.807, 2.05) is 19.1 Å². The predicted octanol–water partition coefficient (Wildman–Crippen LogP) is 1.12. The van der Waals surface area contributed by atoms with Crippen molar-refractivity contribution in [3.8, 4) is 0 Å². The van der Waals surface area contributed by atoms with E-state index < -0.39 is 0 Å². The molecule has 0 saturated carbocycles. The molecule has 0 atom stereocenters. The third kappa shape index (κ3) is 6.22. The van der Waals surface area contributed by atoms with Gasteiger partial charge in [0.15, 0.2) is 0 Å². The lowest BCUT2D eigenvalue weighted by Gasteiger charge is -2.02. The highest BCUT2D eigenvalue weighted by molar-refractivity contribution is 5.91. The standard InChI is InChI=1S/C13H19NO4/c1-11-3-4-12(18-11)5-6-13(16)14-7-2-9-17-10-8-15/h3-6,15H,2,7-10H2,1H3,(H,14,16)/b6-5+. The van der Waals surface area contributed by atoms with E-state index in [4.69, 9.17) is 14.3 Å². The first-order chi connectivity index (χ1) is 8.72. The Morgan fingerprint density at radius 2 is 2.33 bits per heavy atom. The summed E-state index contributed by atoms with van der Waals surface area (Å²) in [5, 5.41) is 11.2. The zero-order valence-electron chi connectivity index (χ0n) is 10.5. The number of carbonyl (C=O) groups excluding carboxylic acids is 1. The smallest absolute Gasteiger partial charge is 0.244 e. The Labute approximate surface area is 106 Å². The summed E-state index contributed by atoms with van der Waals surface area (Å²) in [7, 11) is 0. The topological polar surface area (TPSA) is 71.7 Å². The molecule has 5 nitrogen and oxygen atoms in total. The molecule has 1 aromatic rings. The van der Waals surface area contributed by atoms with Crippen molar-refractivity contribution in [3.63, 3.8) is 0 Å². The molecule has 0 bridgehead atoms. The highest BCUT2D eigenvalue weighted by Crippen LogP contribution is 2.07. The Kier molecular flexibility index (Phi) is 6.83. The molecule has 18 heavy (non-hydrogen) atoms.